The first-order chi connectivity index (χ1) is 12.7. The van der Waals surface area contributed by atoms with Gasteiger partial charge in [0.2, 0.25) is 5.78 Å². The zero-order valence-electron chi connectivity index (χ0n) is 14.3. The number of nitrogens with one attached hydrogen (secondary N) is 1. The SMILES string of the molecule is C#Cc1cccc(NCc2nnc3n(CC)c(=O)c4ccccc4n23)c1. The highest BCUT2D eigenvalue weighted by Gasteiger charge is 2.15. The summed E-state index contributed by atoms with van der Waals surface area (Å²) in [6.45, 7) is 2.91. The lowest BCUT2D eigenvalue weighted by molar-refractivity contribution is 0.734. The third kappa shape index (κ3) is 2.50. The van der Waals surface area contributed by atoms with Gasteiger partial charge in [-0.15, -0.1) is 16.6 Å². The van der Waals surface area contributed by atoms with E-state index in [9.17, 15) is 4.79 Å². The summed E-state index contributed by atoms with van der Waals surface area (Å²) in [4.78, 5) is 12.7. The van der Waals surface area contributed by atoms with Crippen LogP contribution >= 0.6 is 0 Å². The second-order valence-corrected chi connectivity index (χ2v) is 5.90. The second kappa shape index (κ2) is 6.37. The van der Waals surface area contributed by atoms with E-state index in [2.05, 4.69) is 21.4 Å². The summed E-state index contributed by atoms with van der Waals surface area (Å²) >= 11 is 0. The van der Waals surface area contributed by atoms with E-state index in [-0.39, 0.29) is 5.56 Å². The van der Waals surface area contributed by atoms with Crippen LogP contribution in [0.2, 0.25) is 0 Å². The van der Waals surface area contributed by atoms with Gasteiger partial charge in [0, 0.05) is 17.8 Å². The van der Waals surface area contributed by atoms with E-state index in [1.165, 1.54) is 0 Å². The summed E-state index contributed by atoms with van der Waals surface area (Å²) in [6.07, 6.45) is 5.46. The molecular weight excluding hydrogens is 326 g/mol. The molecule has 6 nitrogen and oxygen atoms in total. The van der Waals surface area contributed by atoms with Crippen LogP contribution in [0.5, 0.6) is 0 Å². The number of aromatic nitrogens is 4. The fourth-order valence-corrected chi connectivity index (χ4v) is 3.11. The number of anilines is 1. The van der Waals surface area contributed by atoms with Gasteiger partial charge >= 0.3 is 0 Å². The topological polar surface area (TPSA) is 64.2 Å². The molecule has 0 spiro atoms. The zero-order valence-corrected chi connectivity index (χ0v) is 14.3. The number of benzene rings is 2. The van der Waals surface area contributed by atoms with E-state index >= 15 is 0 Å². The largest absolute Gasteiger partial charge is 0.378 e. The van der Waals surface area contributed by atoms with Crippen molar-refractivity contribution in [2.75, 3.05) is 5.32 Å². The minimum Gasteiger partial charge on any atom is -0.378 e. The van der Waals surface area contributed by atoms with Crippen LogP contribution in [-0.2, 0) is 13.1 Å². The lowest BCUT2D eigenvalue weighted by atomic mass is 10.2. The number of aryl methyl sites for hydroxylation is 1. The van der Waals surface area contributed by atoms with Crippen molar-refractivity contribution in [3.8, 4) is 12.3 Å². The Morgan fingerprint density at radius 2 is 2.00 bits per heavy atom. The maximum Gasteiger partial charge on any atom is 0.262 e. The quantitative estimate of drug-likeness (QED) is 0.579. The van der Waals surface area contributed by atoms with Crippen LogP contribution in [0, 0.1) is 12.3 Å². The van der Waals surface area contributed by atoms with Gasteiger partial charge in [0.25, 0.3) is 5.56 Å². The minimum atomic E-state index is -0.0516. The molecule has 0 aliphatic heterocycles. The van der Waals surface area contributed by atoms with Crippen molar-refractivity contribution in [2.24, 2.45) is 0 Å². The zero-order chi connectivity index (χ0) is 18.1. The predicted molar refractivity (Wildman–Crippen MR) is 102 cm³/mol. The van der Waals surface area contributed by atoms with Gasteiger partial charge in [-0.25, -0.2) is 0 Å². The van der Waals surface area contributed by atoms with E-state index in [1.54, 1.807) is 4.57 Å². The first-order valence-electron chi connectivity index (χ1n) is 8.39. The molecule has 6 heteroatoms. The van der Waals surface area contributed by atoms with Crippen LogP contribution in [-0.4, -0.2) is 19.2 Å². The Morgan fingerprint density at radius 3 is 2.81 bits per heavy atom. The Balaban J connectivity index is 1.82. The van der Waals surface area contributed by atoms with Gasteiger partial charge in [0.15, 0.2) is 5.82 Å². The molecule has 0 amide bonds. The molecule has 1 N–H and O–H groups in total. The number of fused-ring (bicyclic) bond motifs is 3. The number of terminal acetylenes is 1. The Hall–Kier alpha value is -3.59. The third-order valence-electron chi connectivity index (χ3n) is 4.37. The van der Waals surface area contributed by atoms with Crippen molar-refractivity contribution in [2.45, 2.75) is 20.0 Å². The highest BCUT2D eigenvalue weighted by molar-refractivity contribution is 5.80. The average molecular weight is 343 g/mol. The number of para-hydroxylation sites is 1. The van der Waals surface area contributed by atoms with E-state index in [0.717, 1.165) is 22.6 Å². The summed E-state index contributed by atoms with van der Waals surface area (Å²) in [6, 6.07) is 15.2. The smallest absolute Gasteiger partial charge is 0.262 e. The van der Waals surface area contributed by atoms with E-state index in [0.29, 0.717) is 24.3 Å². The second-order valence-electron chi connectivity index (χ2n) is 5.90. The predicted octanol–water partition coefficient (Wildman–Crippen LogP) is 2.66. The number of hydrogen-bond donors (Lipinski definition) is 1. The summed E-state index contributed by atoms with van der Waals surface area (Å²) in [7, 11) is 0. The molecule has 0 saturated carbocycles. The molecule has 2 heterocycles. The average Bonchev–Trinajstić information content (AvgIpc) is 3.11. The van der Waals surface area contributed by atoms with Crippen molar-refractivity contribution < 1.29 is 0 Å². The van der Waals surface area contributed by atoms with Gasteiger partial charge in [-0.05, 0) is 37.3 Å². The maximum absolute atomic E-state index is 12.7. The standard InChI is InChI=1S/C20H17N5O/c1-3-14-8-7-9-15(12-14)21-13-18-22-23-20-24(4-2)19(26)16-10-5-6-11-17(16)25(18)20/h1,5-12,21H,4,13H2,2H3. The fraction of sp³-hybridized carbons (Fsp3) is 0.150. The Kier molecular flexibility index (Phi) is 3.90. The van der Waals surface area contributed by atoms with Crippen molar-refractivity contribution in [3.63, 3.8) is 0 Å². The minimum absolute atomic E-state index is 0.0516. The molecule has 0 bridgehead atoms. The van der Waals surface area contributed by atoms with Gasteiger partial charge in [-0.3, -0.25) is 13.8 Å². The fourth-order valence-electron chi connectivity index (χ4n) is 3.11. The normalized spacial score (nSPS) is 10.9. The summed E-state index contributed by atoms with van der Waals surface area (Å²) in [5.41, 5.74) is 2.47. The molecule has 26 heavy (non-hydrogen) atoms. The molecule has 4 rings (SSSR count). The van der Waals surface area contributed by atoms with Crippen LogP contribution in [0.4, 0.5) is 5.69 Å². The monoisotopic (exact) mass is 343 g/mol. The first-order valence-corrected chi connectivity index (χ1v) is 8.39. The highest BCUT2D eigenvalue weighted by atomic mass is 16.1. The summed E-state index contributed by atoms with van der Waals surface area (Å²) < 4.78 is 3.57. The maximum atomic E-state index is 12.7. The molecule has 0 saturated heterocycles. The lowest BCUT2D eigenvalue weighted by Crippen LogP contribution is -2.22. The highest BCUT2D eigenvalue weighted by Crippen LogP contribution is 2.16. The molecule has 0 aliphatic rings. The van der Waals surface area contributed by atoms with E-state index < -0.39 is 0 Å². The van der Waals surface area contributed by atoms with Gasteiger partial charge in [0.05, 0.1) is 17.4 Å². The molecule has 0 aliphatic carbocycles. The van der Waals surface area contributed by atoms with Crippen molar-refractivity contribution in [3.05, 3.63) is 70.3 Å². The van der Waals surface area contributed by atoms with Crippen LogP contribution in [0.25, 0.3) is 16.7 Å². The van der Waals surface area contributed by atoms with Crippen molar-refractivity contribution in [1.29, 1.82) is 0 Å². The molecule has 0 unspecified atom stereocenters. The van der Waals surface area contributed by atoms with Crippen LogP contribution in [0.3, 0.4) is 0 Å². The number of nitrogens with zero attached hydrogens (tertiary/aromatic N) is 4. The van der Waals surface area contributed by atoms with E-state index in [1.807, 2.05) is 59.9 Å². The number of rotatable bonds is 4. The molecule has 0 fully saturated rings. The Labute approximate surface area is 150 Å². The Bertz CT molecular complexity index is 1210. The van der Waals surface area contributed by atoms with Crippen molar-refractivity contribution >= 4 is 22.4 Å². The van der Waals surface area contributed by atoms with Crippen LogP contribution in [0.1, 0.15) is 18.3 Å². The summed E-state index contributed by atoms with van der Waals surface area (Å²) in [5, 5.41) is 12.5. The Morgan fingerprint density at radius 1 is 1.15 bits per heavy atom. The molecule has 0 radical (unpaired) electrons. The van der Waals surface area contributed by atoms with Gasteiger partial charge in [0.1, 0.15) is 0 Å². The molecule has 4 aromatic rings. The van der Waals surface area contributed by atoms with Gasteiger partial charge in [-0.2, -0.15) is 0 Å². The van der Waals surface area contributed by atoms with Crippen LogP contribution in [0.15, 0.2) is 53.3 Å². The van der Waals surface area contributed by atoms with Gasteiger partial charge < -0.3 is 5.32 Å². The molecular formula is C20H17N5O. The molecule has 0 atom stereocenters. The summed E-state index contributed by atoms with van der Waals surface area (Å²) in [5.74, 6) is 3.90. The molecule has 2 aromatic heterocycles. The third-order valence-corrected chi connectivity index (χ3v) is 4.37. The first kappa shape index (κ1) is 15.9. The van der Waals surface area contributed by atoms with E-state index in [4.69, 9.17) is 6.42 Å². The lowest BCUT2D eigenvalue weighted by Gasteiger charge is -2.10. The molecule has 2 aromatic carbocycles. The number of hydrogen-bond acceptors (Lipinski definition) is 4. The molecule has 128 valence electrons. The van der Waals surface area contributed by atoms with Gasteiger partial charge in [-0.1, -0.05) is 24.1 Å². The van der Waals surface area contributed by atoms with Crippen LogP contribution < -0.4 is 10.9 Å². The van der Waals surface area contributed by atoms with Crippen molar-refractivity contribution in [1.82, 2.24) is 19.2 Å².